The van der Waals surface area contributed by atoms with Gasteiger partial charge in [-0.15, -0.1) is 12.4 Å². The van der Waals surface area contributed by atoms with Crippen LogP contribution in [0.1, 0.15) is 62.3 Å². The Morgan fingerprint density at radius 2 is 1.78 bits per heavy atom. The number of aromatic amines is 1. The van der Waals surface area contributed by atoms with Gasteiger partial charge in [0.1, 0.15) is 0 Å². The predicted molar refractivity (Wildman–Crippen MR) is 96.1 cm³/mol. The van der Waals surface area contributed by atoms with Gasteiger partial charge in [-0.3, -0.25) is 9.89 Å². The average Bonchev–Trinajstić information content (AvgIpc) is 2.90. The quantitative estimate of drug-likeness (QED) is 0.800. The second kappa shape index (κ2) is 9.28. The van der Waals surface area contributed by atoms with Crippen molar-refractivity contribution in [3.63, 3.8) is 0 Å². The largest absolute Gasteiger partial charge is 0.337 e. The van der Waals surface area contributed by atoms with Crippen molar-refractivity contribution >= 4 is 18.3 Å². The molecule has 0 atom stereocenters. The Balaban J connectivity index is 0.00000264. The first kappa shape index (κ1) is 20.0. The molecule has 0 saturated heterocycles. The molecular weight excluding hydrogens is 312 g/mol. The molecule has 1 aromatic heterocycles. The molecule has 2 N–H and O–H groups in total. The monoisotopic (exact) mass is 342 g/mol. The van der Waals surface area contributed by atoms with E-state index in [4.69, 9.17) is 0 Å². The van der Waals surface area contributed by atoms with E-state index in [1.165, 1.54) is 0 Å². The molecule has 0 saturated carbocycles. The Hall–Kier alpha value is -1.07. The highest BCUT2D eigenvalue weighted by molar-refractivity contribution is 5.94. The summed E-state index contributed by atoms with van der Waals surface area (Å²) in [6, 6.07) is 0. The molecule has 23 heavy (non-hydrogen) atoms. The number of nitrogens with zero attached hydrogens (tertiary/aromatic N) is 2. The molecule has 0 aromatic carbocycles. The van der Waals surface area contributed by atoms with Gasteiger partial charge < -0.3 is 10.2 Å². The van der Waals surface area contributed by atoms with E-state index in [1.54, 1.807) is 0 Å². The lowest BCUT2D eigenvalue weighted by Gasteiger charge is -2.24. The maximum Gasteiger partial charge on any atom is 0.274 e. The van der Waals surface area contributed by atoms with Crippen molar-refractivity contribution in [2.24, 2.45) is 11.8 Å². The Morgan fingerprint density at radius 3 is 2.35 bits per heavy atom. The minimum absolute atomic E-state index is 0. The van der Waals surface area contributed by atoms with E-state index in [9.17, 15) is 4.79 Å². The number of nitrogens with one attached hydrogen (secondary N) is 2. The number of aromatic nitrogens is 2. The summed E-state index contributed by atoms with van der Waals surface area (Å²) >= 11 is 0. The molecule has 0 radical (unpaired) electrons. The topological polar surface area (TPSA) is 61.0 Å². The van der Waals surface area contributed by atoms with Crippen molar-refractivity contribution in [3.8, 4) is 0 Å². The van der Waals surface area contributed by atoms with Crippen LogP contribution >= 0.6 is 12.4 Å². The third-order valence-corrected chi connectivity index (χ3v) is 4.25. The zero-order chi connectivity index (χ0) is 16.1. The van der Waals surface area contributed by atoms with Crippen LogP contribution < -0.4 is 5.32 Å². The maximum absolute atomic E-state index is 12.9. The number of fused-ring (bicyclic) bond motifs is 1. The van der Waals surface area contributed by atoms with E-state index < -0.39 is 0 Å². The van der Waals surface area contributed by atoms with Crippen molar-refractivity contribution in [2.45, 2.75) is 53.5 Å². The minimum Gasteiger partial charge on any atom is -0.337 e. The first-order valence-electron chi connectivity index (χ1n) is 8.55. The summed E-state index contributed by atoms with van der Waals surface area (Å²) in [5, 5.41) is 10.7. The van der Waals surface area contributed by atoms with Gasteiger partial charge in [0.05, 0.1) is 0 Å². The number of halogens is 1. The third kappa shape index (κ3) is 5.50. The highest BCUT2D eigenvalue weighted by atomic mass is 35.5. The van der Waals surface area contributed by atoms with Crippen molar-refractivity contribution in [2.75, 3.05) is 19.6 Å². The maximum atomic E-state index is 12.9. The lowest BCUT2D eigenvalue weighted by atomic mass is 10.0. The molecule has 5 nitrogen and oxygen atoms in total. The van der Waals surface area contributed by atoms with E-state index >= 15 is 0 Å². The first-order chi connectivity index (χ1) is 10.5. The highest BCUT2D eigenvalue weighted by Gasteiger charge is 2.25. The number of carbonyl (C=O) groups excluding carboxylic acids is 1. The lowest BCUT2D eigenvalue weighted by Crippen LogP contribution is -2.35. The van der Waals surface area contributed by atoms with Crippen LogP contribution in [0.25, 0.3) is 0 Å². The Kier molecular flexibility index (Phi) is 8.06. The number of hydrogen-bond acceptors (Lipinski definition) is 3. The van der Waals surface area contributed by atoms with Crippen LogP contribution in [0.15, 0.2) is 0 Å². The molecular formula is C17H31ClN4O. The summed E-state index contributed by atoms with van der Waals surface area (Å²) in [5.74, 6) is 1.29. The van der Waals surface area contributed by atoms with Crippen LogP contribution in [0, 0.1) is 11.8 Å². The molecule has 1 amide bonds. The second-order valence-corrected chi connectivity index (χ2v) is 7.11. The van der Waals surface area contributed by atoms with Crippen molar-refractivity contribution in [1.82, 2.24) is 20.4 Å². The van der Waals surface area contributed by atoms with Crippen LogP contribution in [0.5, 0.6) is 0 Å². The molecule has 1 aromatic rings. The summed E-state index contributed by atoms with van der Waals surface area (Å²) < 4.78 is 0. The molecule has 2 heterocycles. The van der Waals surface area contributed by atoms with Gasteiger partial charge in [0.25, 0.3) is 5.91 Å². The average molecular weight is 343 g/mol. The molecule has 0 bridgehead atoms. The lowest BCUT2D eigenvalue weighted by molar-refractivity contribution is 0.0733. The minimum atomic E-state index is 0. The fourth-order valence-electron chi connectivity index (χ4n) is 2.69. The van der Waals surface area contributed by atoms with E-state index in [0.717, 1.165) is 56.7 Å². The number of H-pyrrole nitrogens is 1. The molecule has 0 fully saturated rings. The zero-order valence-corrected chi connectivity index (χ0v) is 15.6. The number of rotatable bonds is 7. The molecule has 1 aliphatic heterocycles. The molecule has 0 aliphatic carbocycles. The van der Waals surface area contributed by atoms with Gasteiger partial charge in [-0.2, -0.15) is 5.10 Å². The number of carbonyl (C=O) groups is 1. The van der Waals surface area contributed by atoms with Crippen LogP contribution in [0.3, 0.4) is 0 Å². The fourth-order valence-corrected chi connectivity index (χ4v) is 2.69. The Labute approximate surface area is 146 Å². The molecule has 132 valence electrons. The molecule has 0 spiro atoms. The SMILES string of the molecule is CC(C)CCN(CCC(C)C)C(=O)c1n[nH]c2c1CNCC2.Cl. The van der Waals surface area contributed by atoms with Gasteiger partial charge >= 0.3 is 0 Å². The summed E-state index contributed by atoms with van der Waals surface area (Å²) in [4.78, 5) is 14.9. The summed E-state index contributed by atoms with van der Waals surface area (Å²) in [6.07, 6.45) is 3.00. The second-order valence-electron chi connectivity index (χ2n) is 7.11. The van der Waals surface area contributed by atoms with Crippen LogP contribution in [0.2, 0.25) is 0 Å². The normalized spacial score (nSPS) is 13.8. The zero-order valence-electron chi connectivity index (χ0n) is 14.8. The van der Waals surface area contributed by atoms with Crippen molar-refractivity contribution in [1.29, 1.82) is 0 Å². The number of amides is 1. The molecule has 6 heteroatoms. The van der Waals surface area contributed by atoms with E-state index in [1.807, 2.05) is 4.90 Å². The van der Waals surface area contributed by atoms with Gasteiger partial charge in [-0.1, -0.05) is 27.7 Å². The summed E-state index contributed by atoms with van der Waals surface area (Å²) in [5.41, 5.74) is 2.81. The van der Waals surface area contributed by atoms with E-state index in [2.05, 4.69) is 43.2 Å². The smallest absolute Gasteiger partial charge is 0.274 e. The van der Waals surface area contributed by atoms with E-state index in [-0.39, 0.29) is 18.3 Å². The van der Waals surface area contributed by atoms with Gasteiger partial charge in [-0.25, -0.2) is 0 Å². The molecule has 0 unspecified atom stereocenters. The molecule has 2 rings (SSSR count). The van der Waals surface area contributed by atoms with Gasteiger partial charge in [0, 0.05) is 43.9 Å². The fraction of sp³-hybridized carbons (Fsp3) is 0.765. The summed E-state index contributed by atoms with van der Waals surface area (Å²) in [6.45, 7) is 12.1. The van der Waals surface area contributed by atoms with Crippen LogP contribution in [-0.4, -0.2) is 40.6 Å². The number of hydrogen-bond donors (Lipinski definition) is 2. The van der Waals surface area contributed by atoms with Crippen LogP contribution in [0.4, 0.5) is 0 Å². The third-order valence-electron chi connectivity index (χ3n) is 4.25. The van der Waals surface area contributed by atoms with Crippen LogP contribution in [-0.2, 0) is 13.0 Å². The van der Waals surface area contributed by atoms with Crippen molar-refractivity contribution < 1.29 is 4.79 Å². The van der Waals surface area contributed by atoms with Gasteiger partial charge in [0.2, 0.25) is 0 Å². The van der Waals surface area contributed by atoms with E-state index in [0.29, 0.717) is 17.5 Å². The Morgan fingerprint density at radius 1 is 1.17 bits per heavy atom. The summed E-state index contributed by atoms with van der Waals surface area (Å²) in [7, 11) is 0. The first-order valence-corrected chi connectivity index (χ1v) is 8.55. The Bertz CT molecular complexity index is 487. The van der Waals surface area contributed by atoms with Gasteiger partial charge in [-0.05, 0) is 24.7 Å². The highest BCUT2D eigenvalue weighted by Crippen LogP contribution is 2.18. The van der Waals surface area contributed by atoms with Gasteiger partial charge in [0.15, 0.2) is 5.69 Å². The van der Waals surface area contributed by atoms with Crippen molar-refractivity contribution in [3.05, 3.63) is 17.0 Å². The molecule has 1 aliphatic rings. The standard InChI is InChI=1S/C17H30N4O.ClH/c1-12(2)6-9-21(10-7-13(3)4)17(22)16-14-11-18-8-5-15(14)19-20-16;/h12-13,18H,5-11H2,1-4H3,(H,19,20);1H. The predicted octanol–water partition coefficient (Wildman–Crippen LogP) is 3.01.